The second-order valence-electron chi connectivity index (χ2n) is 3.90. The second kappa shape index (κ2) is 5.87. The van der Waals surface area contributed by atoms with Crippen molar-refractivity contribution in [3.05, 3.63) is 30.1 Å². The van der Waals surface area contributed by atoms with Crippen LogP contribution < -0.4 is 4.90 Å². The van der Waals surface area contributed by atoms with E-state index in [1.165, 1.54) is 24.3 Å². The number of benzene rings is 1. The molecule has 104 valence electrons. The number of anilines is 1. The predicted molar refractivity (Wildman–Crippen MR) is 75.4 cm³/mol. The number of carbonyl (C=O) groups excluding carboxylic acids is 2. The van der Waals surface area contributed by atoms with E-state index in [1.54, 1.807) is 6.92 Å². The average Bonchev–Trinajstić information content (AvgIpc) is 2.41. The standard InChI is InChI=1S/C13H11FN2O3S/c1-2-19-13(18)11-12(17)16(10(20)7-15-11)9-5-3-8(14)4-6-9/h3-6H,2,7H2,1H3. The van der Waals surface area contributed by atoms with Crippen LogP contribution >= 0.6 is 12.2 Å². The number of rotatable bonds is 3. The van der Waals surface area contributed by atoms with E-state index >= 15 is 0 Å². The third-order valence-corrected chi connectivity index (χ3v) is 2.89. The van der Waals surface area contributed by atoms with Crippen molar-refractivity contribution in [1.29, 1.82) is 0 Å². The summed E-state index contributed by atoms with van der Waals surface area (Å²) in [5.74, 6) is -1.87. The summed E-state index contributed by atoms with van der Waals surface area (Å²) in [7, 11) is 0. The van der Waals surface area contributed by atoms with Crippen molar-refractivity contribution in [2.75, 3.05) is 18.1 Å². The lowest BCUT2D eigenvalue weighted by molar-refractivity contribution is -0.135. The van der Waals surface area contributed by atoms with E-state index in [2.05, 4.69) is 4.99 Å². The number of amides is 1. The van der Waals surface area contributed by atoms with E-state index in [0.717, 1.165) is 4.90 Å². The number of esters is 1. The molecule has 5 nitrogen and oxygen atoms in total. The maximum Gasteiger partial charge on any atom is 0.362 e. The molecule has 0 saturated carbocycles. The van der Waals surface area contributed by atoms with Crippen molar-refractivity contribution < 1.29 is 18.7 Å². The molecule has 0 atom stereocenters. The molecule has 0 aliphatic carbocycles. The molecule has 0 aromatic heterocycles. The Hall–Kier alpha value is -2.15. The van der Waals surface area contributed by atoms with Gasteiger partial charge in [0.25, 0.3) is 5.91 Å². The zero-order valence-corrected chi connectivity index (χ0v) is 11.4. The van der Waals surface area contributed by atoms with Crippen LogP contribution in [0.5, 0.6) is 0 Å². The van der Waals surface area contributed by atoms with E-state index < -0.39 is 17.7 Å². The largest absolute Gasteiger partial charge is 0.461 e. The number of ether oxygens (including phenoxy) is 1. The fourth-order valence-corrected chi connectivity index (χ4v) is 1.96. The summed E-state index contributed by atoms with van der Waals surface area (Å²) in [5, 5.41) is 0. The molecule has 1 aliphatic heterocycles. The van der Waals surface area contributed by atoms with Gasteiger partial charge in [0.1, 0.15) is 10.8 Å². The minimum Gasteiger partial charge on any atom is -0.461 e. The van der Waals surface area contributed by atoms with Crippen LogP contribution in [0.25, 0.3) is 0 Å². The second-order valence-corrected chi connectivity index (χ2v) is 4.37. The first-order chi connectivity index (χ1) is 9.54. The lowest BCUT2D eigenvalue weighted by Crippen LogP contribution is -2.48. The predicted octanol–water partition coefficient (Wildman–Crippen LogP) is 1.50. The van der Waals surface area contributed by atoms with Crippen molar-refractivity contribution >= 4 is 40.5 Å². The topological polar surface area (TPSA) is 59.0 Å². The van der Waals surface area contributed by atoms with Gasteiger partial charge in [0.05, 0.1) is 18.8 Å². The van der Waals surface area contributed by atoms with E-state index in [9.17, 15) is 14.0 Å². The first-order valence-electron chi connectivity index (χ1n) is 5.89. The van der Waals surface area contributed by atoms with Gasteiger partial charge < -0.3 is 4.74 Å². The maximum absolute atomic E-state index is 12.9. The van der Waals surface area contributed by atoms with E-state index in [0.29, 0.717) is 5.69 Å². The number of carbonyl (C=O) groups is 2. The molecule has 2 rings (SSSR count). The zero-order chi connectivity index (χ0) is 14.7. The van der Waals surface area contributed by atoms with Gasteiger partial charge >= 0.3 is 5.97 Å². The van der Waals surface area contributed by atoms with Crippen LogP contribution in [0, 0.1) is 5.82 Å². The quantitative estimate of drug-likeness (QED) is 0.626. The Labute approximate surface area is 120 Å². The summed E-state index contributed by atoms with van der Waals surface area (Å²) in [4.78, 5) is 29.1. The molecule has 1 amide bonds. The molecule has 0 saturated heterocycles. The summed E-state index contributed by atoms with van der Waals surface area (Å²) >= 11 is 5.08. The van der Waals surface area contributed by atoms with Crippen LogP contribution in [0.4, 0.5) is 10.1 Å². The number of aliphatic imine (C=N–C) groups is 1. The molecular formula is C13H11FN2O3S. The van der Waals surface area contributed by atoms with Crippen LogP contribution in [0.2, 0.25) is 0 Å². The van der Waals surface area contributed by atoms with Crippen LogP contribution in [0.15, 0.2) is 29.3 Å². The summed E-state index contributed by atoms with van der Waals surface area (Å²) in [6.45, 7) is 1.81. The van der Waals surface area contributed by atoms with Gasteiger partial charge in [0.2, 0.25) is 5.71 Å². The average molecular weight is 294 g/mol. The highest BCUT2D eigenvalue weighted by atomic mass is 32.1. The minimum atomic E-state index is -0.785. The molecular weight excluding hydrogens is 283 g/mol. The van der Waals surface area contributed by atoms with E-state index in [4.69, 9.17) is 17.0 Å². The molecule has 1 aliphatic rings. The summed E-state index contributed by atoms with van der Waals surface area (Å²) in [5.41, 5.74) is 0.0860. The van der Waals surface area contributed by atoms with E-state index in [1.807, 2.05) is 0 Å². The third-order valence-electron chi connectivity index (χ3n) is 2.58. The van der Waals surface area contributed by atoms with Crippen molar-refractivity contribution in [1.82, 2.24) is 0 Å². The van der Waals surface area contributed by atoms with Crippen molar-refractivity contribution in [3.63, 3.8) is 0 Å². The highest BCUT2D eigenvalue weighted by Crippen LogP contribution is 2.19. The maximum atomic E-state index is 12.9. The molecule has 1 heterocycles. The zero-order valence-electron chi connectivity index (χ0n) is 10.6. The van der Waals surface area contributed by atoms with Gasteiger partial charge in [-0.1, -0.05) is 12.2 Å². The van der Waals surface area contributed by atoms with Crippen LogP contribution in [-0.2, 0) is 14.3 Å². The first-order valence-corrected chi connectivity index (χ1v) is 6.30. The van der Waals surface area contributed by atoms with Crippen molar-refractivity contribution in [2.24, 2.45) is 4.99 Å². The molecule has 1 aromatic rings. The van der Waals surface area contributed by atoms with E-state index in [-0.39, 0.29) is 23.9 Å². The Kier molecular flexibility index (Phi) is 4.19. The molecule has 20 heavy (non-hydrogen) atoms. The Morgan fingerprint density at radius 2 is 2.10 bits per heavy atom. The summed E-state index contributed by atoms with van der Waals surface area (Å²) in [6.07, 6.45) is 0. The van der Waals surface area contributed by atoms with Crippen LogP contribution in [0.1, 0.15) is 6.92 Å². The number of halogens is 1. The Balaban J connectivity index is 2.32. The lowest BCUT2D eigenvalue weighted by Gasteiger charge is -2.26. The van der Waals surface area contributed by atoms with Gasteiger partial charge in [-0.15, -0.1) is 0 Å². The summed E-state index contributed by atoms with van der Waals surface area (Å²) < 4.78 is 17.7. The third kappa shape index (κ3) is 2.72. The fourth-order valence-electron chi connectivity index (χ4n) is 1.71. The first kappa shape index (κ1) is 14.3. The van der Waals surface area contributed by atoms with Crippen molar-refractivity contribution in [3.8, 4) is 0 Å². The summed E-state index contributed by atoms with van der Waals surface area (Å²) in [6, 6.07) is 5.24. The van der Waals surface area contributed by atoms with Gasteiger partial charge in [-0.05, 0) is 31.2 Å². The fraction of sp³-hybridized carbons (Fsp3) is 0.231. The Morgan fingerprint density at radius 3 is 2.70 bits per heavy atom. The molecule has 0 fully saturated rings. The molecule has 1 aromatic carbocycles. The van der Waals surface area contributed by atoms with Gasteiger partial charge in [-0.2, -0.15) is 0 Å². The van der Waals surface area contributed by atoms with Gasteiger partial charge in [-0.25, -0.2) is 9.18 Å². The minimum absolute atomic E-state index is 0.0343. The SMILES string of the molecule is CCOC(=O)C1=NCC(=S)N(c2ccc(F)cc2)C1=O. The van der Waals surface area contributed by atoms with Crippen LogP contribution in [-0.4, -0.2) is 35.7 Å². The normalized spacial score (nSPS) is 15.1. The number of thiocarbonyl (C=S) groups is 1. The molecule has 7 heteroatoms. The van der Waals surface area contributed by atoms with Crippen LogP contribution in [0.3, 0.4) is 0 Å². The molecule has 0 N–H and O–H groups in total. The number of nitrogens with zero attached hydrogens (tertiary/aromatic N) is 2. The Bertz CT molecular complexity index is 598. The monoisotopic (exact) mass is 294 g/mol. The highest BCUT2D eigenvalue weighted by Gasteiger charge is 2.33. The lowest BCUT2D eigenvalue weighted by atomic mass is 10.2. The highest BCUT2D eigenvalue weighted by molar-refractivity contribution is 7.80. The Morgan fingerprint density at radius 1 is 1.45 bits per heavy atom. The van der Waals surface area contributed by atoms with Gasteiger partial charge in [0, 0.05) is 0 Å². The smallest absolute Gasteiger partial charge is 0.362 e. The molecule has 0 spiro atoms. The molecule has 0 radical (unpaired) electrons. The molecule has 0 unspecified atom stereocenters. The number of hydrogen-bond donors (Lipinski definition) is 0. The van der Waals surface area contributed by atoms with Crippen molar-refractivity contribution in [2.45, 2.75) is 6.92 Å². The van der Waals surface area contributed by atoms with Gasteiger partial charge in [-0.3, -0.25) is 14.7 Å². The number of hydrogen-bond acceptors (Lipinski definition) is 5. The molecule has 0 bridgehead atoms. The van der Waals surface area contributed by atoms with Gasteiger partial charge in [0.15, 0.2) is 0 Å².